The molecule has 0 amide bonds. The zero-order valence-electron chi connectivity index (χ0n) is 15.1. The molecule has 1 aromatic heterocycles. The number of allylic oxidation sites excluding steroid dienone is 1. The predicted molar refractivity (Wildman–Crippen MR) is 100 cm³/mol. The molecular weight excluding hydrogens is 330 g/mol. The Morgan fingerprint density at radius 2 is 1.85 bits per heavy atom. The molecule has 0 N–H and O–H groups in total. The highest BCUT2D eigenvalue weighted by molar-refractivity contribution is 6.16. The number of methoxy groups -OCH3 is 2. The van der Waals surface area contributed by atoms with Gasteiger partial charge in [0.05, 0.1) is 19.8 Å². The maximum Gasteiger partial charge on any atom is 0.232 e. The zero-order chi connectivity index (χ0) is 18.4. The number of aryl methyl sites for hydroxylation is 2. The topological polar surface area (TPSA) is 49.7 Å². The fourth-order valence-corrected chi connectivity index (χ4v) is 3.38. The maximum atomic E-state index is 12.8. The Morgan fingerprint density at radius 3 is 2.58 bits per heavy atom. The zero-order valence-corrected chi connectivity index (χ0v) is 15.1. The van der Waals surface area contributed by atoms with Crippen LogP contribution in [0, 0.1) is 6.92 Å². The van der Waals surface area contributed by atoms with Crippen LogP contribution in [0.4, 0.5) is 0 Å². The lowest BCUT2D eigenvalue weighted by molar-refractivity contribution is 0.101. The summed E-state index contributed by atoms with van der Waals surface area (Å²) in [5.74, 6) is 2.18. The minimum atomic E-state index is -0.111. The monoisotopic (exact) mass is 349 g/mol. The Bertz CT molecular complexity index is 1080. The van der Waals surface area contributed by atoms with Gasteiger partial charge in [-0.25, -0.2) is 0 Å². The molecule has 2 heterocycles. The van der Waals surface area contributed by atoms with Crippen LogP contribution in [0.25, 0.3) is 17.0 Å². The van der Waals surface area contributed by atoms with Gasteiger partial charge in [0.25, 0.3) is 0 Å². The molecule has 0 spiro atoms. The van der Waals surface area contributed by atoms with E-state index in [1.54, 1.807) is 26.4 Å². The van der Waals surface area contributed by atoms with Crippen molar-refractivity contribution in [2.45, 2.75) is 6.92 Å². The Labute approximate surface area is 151 Å². The third-order valence-electron chi connectivity index (χ3n) is 4.69. The molecule has 0 fully saturated rings. The first-order chi connectivity index (χ1) is 12.5. The quantitative estimate of drug-likeness (QED) is 0.668. The molecule has 5 nitrogen and oxygen atoms in total. The summed E-state index contributed by atoms with van der Waals surface area (Å²) >= 11 is 0. The highest BCUT2D eigenvalue weighted by Crippen LogP contribution is 2.38. The van der Waals surface area contributed by atoms with Gasteiger partial charge in [-0.2, -0.15) is 0 Å². The largest absolute Gasteiger partial charge is 0.497 e. The van der Waals surface area contributed by atoms with E-state index in [-0.39, 0.29) is 5.78 Å². The number of hydrogen-bond acceptors (Lipinski definition) is 4. The van der Waals surface area contributed by atoms with Crippen LogP contribution >= 0.6 is 0 Å². The van der Waals surface area contributed by atoms with Crippen LogP contribution in [-0.2, 0) is 7.05 Å². The normalized spacial score (nSPS) is 14.6. The molecule has 3 aromatic rings. The molecule has 0 atom stereocenters. The van der Waals surface area contributed by atoms with Crippen LogP contribution in [0.1, 0.15) is 21.5 Å². The van der Waals surface area contributed by atoms with E-state index < -0.39 is 0 Å². The van der Waals surface area contributed by atoms with Gasteiger partial charge in [-0.3, -0.25) is 4.79 Å². The van der Waals surface area contributed by atoms with Gasteiger partial charge in [0, 0.05) is 35.8 Å². The number of nitrogens with zero attached hydrogens (tertiary/aromatic N) is 1. The summed E-state index contributed by atoms with van der Waals surface area (Å²) in [6.45, 7) is 1.88. The third kappa shape index (κ3) is 2.44. The van der Waals surface area contributed by atoms with Gasteiger partial charge in [0.15, 0.2) is 5.76 Å². The van der Waals surface area contributed by atoms with Crippen molar-refractivity contribution < 1.29 is 19.0 Å². The molecule has 0 saturated carbocycles. The molecular formula is C21H19NO4. The van der Waals surface area contributed by atoms with E-state index in [2.05, 4.69) is 0 Å². The molecule has 0 unspecified atom stereocenters. The van der Waals surface area contributed by atoms with Crippen LogP contribution in [0.5, 0.6) is 17.2 Å². The maximum absolute atomic E-state index is 12.8. The summed E-state index contributed by atoms with van der Waals surface area (Å²) in [7, 11) is 5.20. The highest BCUT2D eigenvalue weighted by atomic mass is 16.5. The van der Waals surface area contributed by atoms with Crippen molar-refractivity contribution >= 4 is 22.8 Å². The summed E-state index contributed by atoms with van der Waals surface area (Å²) in [6, 6.07) is 9.46. The minimum Gasteiger partial charge on any atom is -0.497 e. The van der Waals surface area contributed by atoms with Gasteiger partial charge in [-0.15, -0.1) is 0 Å². The van der Waals surface area contributed by atoms with Gasteiger partial charge in [0.1, 0.15) is 17.2 Å². The first-order valence-corrected chi connectivity index (χ1v) is 8.27. The second kappa shape index (κ2) is 5.95. The molecule has 4 rings (SSSR count). The standard InChI is InChI=1S/C21H19NO4/c1-12-7-15(25-4)10-18-20(12)21(23)19(26-18)8-13-11-22(2)17-6-5-14(24-3)9-16(13)17/h5-11H,1-4H3/b19-8-. The average molecular weight is 349 g/mol. The molecule has 132 valence electrons. The van der Waals surface area contributed by atoms with Gasteiger partial charge in [0.2, 0.25) is 5.78 Å². The highest BCUT2D eigenvalue weighted by Gasteiger charge is 2.30. The van der Waals surface area contributed by atoms with Crippen molar-refractivity contribution in [1.82, 2.24) is 4.57 Å². The number of carbonyl (C=O) groups is 1. The third-order valence-corrected chi connectivity index (χ3v) is 4.69. The Hall–Kier alpha value is -3.21. The van der Waals surface area contributed by atoms with Crippen molar-refractivity contribution in [1.29, 1.82) is 0 Å². The molecule has 0 radical (unpaired) electrons. The van der Waals surface area contributed by atoms with E-state index in [9.17, 15) is 4.79 Å². The second-order valence-electron chi connectivity index (χ2n) is 6.34. The summed E-state index contributed by atoms with van der Waals surface area (Å²) in [6.07, 6.45) is 3.76. The molecule has 5 heteroatoms. The number of aromatic nitrogens is 1. The van der Waals surface area contributed by atoms with Crippen LogP contribution in [0.3, 0.4) is 0 Å². The Morgan fingerprint density at radius 1 is 1.08 bits per heavy atom. The first kappa shape index (κ1) is 16.3. The summed E-state index contributed by atoms with van der Waals surface area (Å²) < 4.78 is 18.5. The number of fused-ring (bicyclic) bond motifs is 2. The molecule has 2 aromatic carbocycles. The number of hydrogen-bond donors (Lipinski definition) is 0. The lowest BCUT2D eigenvalue weighted by Gasteiger charge is -2.04. The fourth-order valence-electron chi connectivity index (χ4n) is 3.38. The lowest BCUT2D eigenvalue weighted by atomic mass is 10.0. The van der Waals surface area contributed by atoms with Crippen molar-refractivity contribution in [2.24, 2.45) is 7.05 Å². The van der Waals surface area contributed by atoms with Crippen molar-refractivity contribution in [3.05, 3.63) is 59.0 Å². The lowest BCUT2D eigenvalue weighted by Crippen LogP contribution is -1.99. The second-order valence-corrected chi connectivity index (χ2v) is 6.34. The van der Waals surface area contributed by atoms with Gasteiger partial charge >= 0.3 is 0 Å². The van der Waals surface area contributed by atoms with E-state index in [1.165, 1.54) is 0 Å². The minimum absolute atomic E-state index is 0.111. The van der Waals surface area contributed by atoms with Gasteiger partial charge in [-0.1, -0.05) is 0 Å². The van der Waals surface area contributed by atoms with Crippen LogP contribution < -0.4 is 14.2 Å². The van der Waals surface area contributed by atoms with Crippen molar-refractivity contribution in [3.63, 3.8) is 0 Å². The summed E-state index contributed by atoms with van der Waals surface area (Å²) in [4.78, 5) is 12.8. The number of ketones is 1. The Kier molecular flexibility index (Phi) is 3.72. The van der Waals surface area contributed by atoms with E-state index in [0.29, 0.717) is 22.8 Å². The van der Waals surface area contributed by atoms with Crippen LogP contribution in [0.15, 0.2) is 42.3 Å². The van der Waals surface area contributed by atoms with Gasteiger partial charge in [-0.05, 0) is 42.8 Å². The van der Waals surface area contributed by atoms with E-state index >= 15 is 0 Å². The smallest absolute Gasteiger partial charge is 0.232 e. The SMILES string of the molecule is COc1cc(C)c2c(c1)O/C(=C\c1cn(C)c3ccc(OC)cc13)C2=O. The number of benzene rings is 2. The number of carbonyl (C=O) groups excluding carboxylic acids is 1. The summed E-state index contributed by atoms with van der Waals surface area (Å²) in [5.41, 5.74) is 3.39. The van der Waals surface area contributed by atoms with Crippen LogP contribution in [0.2, 0.25) is 0 Å². The van der Waals surface area contributed by atoms with E-state index in [1.807, 2.05) is 49.0 Å². The Balaban J connectivity index is 1.82. The number of ether oxygens (including phenoxy) is 3. The fraction of sp³-hybridized carbons (Fsp3) is 0.190. The summed E-state index contributed by atoms with van der Waals surface area (Å²) in [5, 5.41) is 1.00. The number of Topliss-reactive ketones (excluding diaryl/α,β-unsaturated/α-hetero) is 1. The first-order valence-electron chi connectivity index (χ1n) is 8.27. The van der Waals surface area contributed by atoms with E-state index in [4.69, 9.17) is 14.2 Å². The van der Waals surface area contributed by atoms with Crippen molar-refractivity contribution in [3.8, 4) is 17.2 Å². The molecule has 1 aliphatic heterocycles. The van der Waals surface area contributed by atoms with E-state index in [0.717, 1.165) is 27.8 Å². The average Bonchev–Trinajstić information content (AvgIpc) is 3.12. The van der Waals surface area contributed by atoms with Crippen molar-refractivity contribution in [2.75, 3.05) is 14.2 Å². The molecule has 0 saturated heterocycles. The van der Waals surface area contributed by atoms with Crippen LogP contribution in [-0.4, -0.2) is 24.6 Å². The molecule has 1 aliphatic rings. The predicted octanol–water partition coefficient (Wildman–Crippen LogP) is 4.12. The molecule has 26 heavy (non-hydrogen) atoms. The molecule has 0 bridgehead atoms. The number of rotatable bonds is 3. The molecule has 0 aliphatic carbocycles. The van der Waals surface area contributed by atoms with Gasteiger partial charge < -0.3 is 18.8 Å².